The van der Waals surface area contributed by atoms with Gasteiger partial charge in [-0.1, -0.05) is 11.6 Å². The summed E-state index contributed by atoms with van der Waals surface area (Å²) in [5, 5.41) is 0.475. The zero-order valence-electron chi connectivity index (χ0n) is 15.4. The lowest BCUT2D eigenvalue weighted by atomic mass is 10.2. The van der Waals surface area contributed by atoms with Gasteiger partial charge in [-0.3, -0.25) is 20.4 Å². The Hall–Kier alpha value is -2.62. The van der Waals surface area contributed by atoms with E-state index < -0.39 is 21.8 Å². The average molecular weight is 426 g/mol. The van der Waals surface area contributed by atoms with Gasteiger partial charge in [0.1, 0.15) is 10.6 Å². The monoisotopic (exact) mass is 425 g/mol. The number of sulfonamides is 1. The third-order valence-corrected chi connectivity index (χ3v) is 5.43. The van der Waals surface area contributed by atoms with Crippen molar-refractivity contribution in [2.24, 2.45) is 0 Å². The quantitative estimate of drug-likeness (QED) is 0.613. The Morgan fingerprint density at radius 1 is 0.964 bits per heavy atom. The highest BCUT2D eigenvalue weighted by Crippen LogP contribution is 2.25. The van der Waals surface area contributed by atoms with E-state index in [9.17, 15) is 18.0 Å². The molecule has 0 atom stereocenters. The third kappa shape index (κ3) is 5.44. The molecular weight excluding hydrogens is 406 g/mol. The van der Waals surface area contributed by atoms with E-state index in [1.807, 2.05) is 0 Å². The van der Waals surface area contributed by atoms with Crippen LogP contribution in [0.2, 0.25) is 5.02 Å². The summed E-state index contributed by atoms with van der Waals surface area (Å²) >= 11 is 5.77. The Morgan fingerprint density at radius 3 is 2.04 bits per heavy atom. The normalized spacial score (nSPS) is 11.2. The fourth-order valence-corrected chi connectivity index (χ4v) is 3.83. The highest BCUT2D eigenvalue weighted by molar-refractivity contribution is 7.89. The van der Waals surface area contributed by atoms with E-state index in [1.165, 1.54) is 37.4 Å². The van der Waals surface area contributed by atoms with E-state index in [0.29, 0.717) is 10.6 Å². The molecule has 2 aromatic carbocycles. The molecule has 2 rings (SSSR count). The Bertz CT molecular complexity index is 975. The number of halogens is 1. The van der Waals surface area contributed by atoms with Crippen LogP contribution in [0, 0.1) is 0 Å². The molecule has 150 valence electrons. The van der Waals surface area contributed by atoms with Crippen LogP contribution in [-0.2, 0) is 10.0 Å². The molecule has 0 unspecified atom stereocenters. The molecule has 2 amide bonds. The van der Waals surface area contributed by atoms with E-state index in [2.05, 4.69) is 15.6 Å². The lowest BCUT2D eigenvalue weighted by Gasteiger charge is -2.14. The maximum absolute atomic E-state index is 12.5. The van der Waals surface area contributed by atoms with Crippen molar-refractivity contribution in [1.29, 1.82) is 0 Å². The van der Waals surface area contributed by atoms with Gasteiger partial charge in [0.15, 0.2) is 0 Å². The number of nitrogens with one attached hydrogen (secondary N) is 3. The smallest absolute Gasteiger partial charge is 0.269 e. The minimum atomic E-state index is -3.89. The van der Waals surface area contributed by atoms with Crippen molar-refractivity contribution in [1.82, 2.24) is 15.6 Å². The fourth-order valence-electron chi connectivity index (χ4n) is 2.26. The first kappa shape index (κ1) is 21.7. The molecule has 0 radical (unpaired) electrons. The zero-order valence-corrected chi connectivity index (χ0v) is 17.0. The second kappa shape index (κ2) is 9.05. The maximum atomic E-state index is 12.5. The summed E-state index contributed by atoms with van der Waals surface area (Å²) < 4.78 is 32.5. The molecule has 0 saturated carbocycles. The van der Waals surface area contributed by atoms with Gasteiger partial charge in [0.05, 0.1) is 7.11 Å². The van der Waals surface area contributed by atoms with Crippen molar-refractivity contribution in [2.45, 2.75) is 24.8 Å². The van der Waals surface area contributed by atoms with Gasteiger partial charge >= 0.3 is 0 Å². The number of hydrazine groups is 1. The summed E-state index contributed by atoms with van der Waals surface area (Å²) in [6.07, 6.45) is 0. The lowest BCUT2D eigenvalue weighted by Crippen LogP contribution is -2.41. The van der Waals surface area contributed by atoms with Gasteiger partial charge in [-0.15, -0.1) is 0 Å². The van der Waals surface area contributed by atoms with Crippen LogP contribution in [-0.4, -0.2) is 33.4 Å². The van der Waals surface area contributed by atoms with Gasteiger partial charge in [0, 0.05) is 22.2 Å². The Kier molecular flexibility index (Phi) is 7.00. The predicted molar refractivity (Wildman–Crippen MR) is 105 cm³/mol. The van der Waals surface area contributed by atoms with Crippen LogP contribution in [0.25, 0.3) is 0 Å². The molecule has 10 heteroatoms. The molecule has 0 aliphatic carbocycles. The summed E-state index contributed by atoms with van der Waals surface area (Å²) in [6, 6.07) is 9.67. The Labute approximate surface area is 168 Å². The van der Waals surface area contributed by atoms with Crippen molar-refractivity contribution in [2.75, 3.05) is 7.11 Å². The zero-order chi connectivity index (χ0) is 20.9. The highest BCUT2D eigenvalue weighted by atomic mass is 35.5. The number of ether oxygens (including phenoxy) is 1. The molecule has 8 nitrogen and oxygen atoms in total. The lowest BCUT2D eigenvalue weighted by molar-refractivity contribution is 0.0846. The number of hydrogen-bond acceptors (Lipinski definition) is 5. The van der Waals surface area contributed by atoms with E-state index in [1.54, 1.807) is 26.0 Å². The van der Waals surface area contributed by atoms with E-state index in [4.69, 9.17) is 16.3 Å². The van der Waals surface area contributed by atoms with E-state index in [0.717, 1.165) is 0 Å². The van der Waals surface area contributed by atoms with Crippen molar-refractivity contribution in [3.63, 3.8) is 0 Å². The van der Waals surface area contributed by atoms with Gasteiger partial charge < -0.3 is 4.74 Å². The number of methoxy groups -OCH3 is 1. The van der Waals surface area contributed by atoms with Crippen molar-refractivity contribution in [3.05, 3.63) is 58.6 Å². The van der Waals surface area contributed by atoms with Gasteiger partial charge in [-0.2, -0.15) is 0 Å². The number of carbonyl (C=O) groups excluding carboxylic acids is 2. The first-order valence-electron chi connectivity index (χ1n) is 8.20. The Balaban J connectivity index is 2.18. The van der Waals surface area contributed by atoms with Crippen LogP contribution in [0.3, 0.4) is 0 Å². The highest BCUT2D eigenvalue weighted by Gasteiger charge is 2.22. The topological polar surface area (TPSA) is 114 Å². The largest absolute Gasteiger partial charge is 0.495 e. The predicted octanol–water partition coefficient (Wildman–Crippen LogP) is 2.11. The number of hydrogen-bond donors (Lipinski definition) is 3. The van der Waals surface area contributed by atoms with Gasteiger partial charge in [0.2, 0.25) is 10.0 Å². The molecule has 0 aliphatic heterocycles. The molecule has 0 saturated heterocycles. The van der Waals surface area contributed by atoms with Crippen molar-refractivity contribution in [3.8, 4) is 5.75 Å². The van der Waals surface area contributed by atoms with Crippen molar-refractivity contribution >= 4 is 33.4 Å². The van der Waals surface area contributed by atoms with Crippen LogP contribution in [0.15, 0.2) is 47.4 Å². The van der Waals surface area contributed by atoms with Crippen LogP contribution in [0.1, 0.15) is 34.6 Å². The molecular formula is C18H20ClN3O5S. The summed E-state index contributed by atoms with van der Waals surface area (Å²) in [5.41, 5.74) is 4.82. The first-order chi connectivity index (χ1) is 13.1. The average Bonchev–Trinajstić information content (AvgIpc) is 2.64. The molecule has 3 N–H and O–H groups in total. The minimum Gasteiger partial charge on any atom is -0.495 e. The van der Waals surface area contributed by atoms with Crippen LogP contribution in [0.4, 0.5) is 0 Å². The second-order valence-corrected chi connectivity index (χ2v) is 8.18. The summed E-state index contributed by atoms with van der Waals surface area (Å²) in [7, 11) is -2.56. The molecule has 0 heterocycles. The van der Waals surface area contributed by atoms with Crippen LogP contribution in [0.5, 0.6) is 5.75 Å². The molecule has 0 spiro atoms. The van der Waals surface area contributed by atoms with E-state index in [-0.39, 0.29) is 22.3 Å². The maximum Gasteiger partial charge on any atom is 0.269 e. The van der Waals surface area contributed by atoms with Crippen LogP contribution < -0.4 is 20.3 Å². The molecule has 0 fully saturated rings. The number of rotatable bonds is 6. The number of carbonyl (C=O) groups is 2. The molecule has 0 aromatic heterocycles. The van der Waals surface area contributed by atoms with E-state index >= 15 is 0 Å². The second-order valence-electron chi connectivity index (χ2n) is 6.06. The molecule has 0 aliphatic rings. The molecule has 0 bridgehead atoms. The first-order valence-corrected chi connectivity index (χ1v) is 10.1. The summed E-state index contributed by atoms with van der Waals surface area (Å²) in [6.45, 7) is 3.35. The summed E-state index contributed by atoms with van der Waals surface area (Å²) in [5.74, 6) is -1.14. The minimum absolute atomic E-state index is 0.0290. The van der Waals surface area contributed by atoms with Crippen molar-refractivity contribution < 1.29 is 22.7 Å². The molecule has 28 heavy (non-hydrogen) atoms. The number of amides is 2. The third-order valence-electron chi connectivity index (χ3n) is 3.50. The standard InChI is InChI=1S/C18H20ClN3O5S/c1-11(2)22-28(25,26)16-10-13(6-9-15(16)27-3)18(24)21-20-17(23)12-4-7-14(19)8-5-12/h4-11,22H,1-3H3,(H,20,23)(H,21,24). The Morgan fingerprint density at radius 2 is 1.50 bits per heavy atom. The fraction of sp³-hybridized carbons (Fsp3) is 0.222. The molecule has 2 aromatic rings. The summed E-state index contributed by atoms with van der Waals surface area (Å²) in [4.78, 5) is 24.2. The number of benzene rings is 2. The SMILES string of the molecule is COc1ccc(C(=O)NNC(=O)c2ccc(Cl)cc2)cc1S(=O)(=O)NC(C)C. The van der Waals surface area contributed by atoms with Gasteiger partial charge in [-0.05, 0) is 56.3 Å². The van der Waals surface area contributed by atoms with Gasteiger partial charge in [0.25, 0.3) is 11.8 Å². The van der Waals surface area contributed by atoms with Crippen LogP contribution >= 0.6 is 11.6 Å². The van der Waals surface area contributed by atoms with Gasteiger partial charge in [-0.25, -0.2) is 13.1 Å².